The summed E-state index contributed by atoms with van der Waals surface area (Å²) in [6.45, 7) is 2.05. The van der Waals surface area contributed by atoms with Crippen LogP contribution in [0.15, 0.2) is 46.9 Å². The first-order valence-electron chi connectivity index (χ1n) is 6.52. The van der Waals surface area contributed by atoms with E-state index >= 15 is 0 Å². The van der Waals surface area contributed by atoms with Crippen LogP contribution in [0.4, 0.5) is 5.13 Å². The summed E-state index contributed by atoms with van der Waals surface area (Å²) in [7, 11) is 0. The van der Waals surface area contributed by atoms with Gasteiger partial charge in [0.1, 0.15) is 0 Å². The van der Waals surface area contributed by atoms with Gasteiger partial charge in [0, 0.05) is 4.47 Å². The van der Waals surface area contributed by atoms with Crippen LogP contribution >= 0.6 is 27.3 Å². The molecule has 3 rings (SSSR count). The van der Waals surface area contributed by atoms with Gasteiger partial charge in [-0.1, -0.05) is 45.5 Å². The summed E-state index contributed by atoms with van der Waals surface area (Å²) in [4.78, 5) is 16.5. The van der Waals surface area contributed by atoms with Gasteiger partial charge in [-0.3, -0.25) is 4.79 Å². The van der Waals surface area contributed by atoms with Crippen LogP contribution in [0.5, 0.6) is 0 Å². The number of nitrogens with one attached hydrogen (secondary N) is 1. The predicted octanol–water partition coefficient (Wildman–Crippen LogP) is 4.55. The van der Waals surface area contributed by atoms with Crippen molar-refractivity contribution in [2.24, 2.45) is 0 Å². The maximum Gasteiger partial charge on any atom is 0.230 e. The number of hydrogen-bond donors (Lipinski definition) is 1. The van der Waals surface area contributed by atoms with E-state index in [1.807, 2.05) is 43.3 Å². The quantitative estimate of drug-likeness (QED) is 0.744. The van der Waals surface area contributed by atoms with Gasteiger partial charge in [-0.2, -0.15) is 0 Å². The number of nitrogens with zero attached hydrogens (tertiary/aromatic N) is 1. The largest absolute Gasteiger partial charge is 0.302 e. The van der Waals surface area contributed by atoms with E-state index in [1.165, 1.54) is 16.9 Å². The zero-order valence-electron chi connectivity index (χ0n) is 11.4. The summed E-state index contributed by atoms with van der Waals surface area (Å²) < 4.78 is 2.10. The highest BCUT2D eigenvalue weighted by molar-refractivity contribution is 9.10. The number of benzene rings is 2. The van der Waals surface area contributed by atoms with Gasteiger partial charge in [0.25, 0.3) is 0 Å². The first kappa shape index (κ1) is 14.2. The number of fused-ring (bicyclic) bond motifs is 1. The third-order valence-corrected chi connectivity index (χ3v) is 4.53. The lowest BCUT2D eigenvalue weighted by Gasteiger charge is -2.02. The van der Waals surface area contributed by atoms with Gasteiger partial charge in [0.05, 0.1) is 16.6 Å². The van der Waals surface area contributed by atoms with Gasteiger partial charge < -0.3 is 5.32 Å². The molecule has 21 heavy (non-hydrogen) atoms. The van der Waals surface area contributed by atoms with E-state index in [0.717, 1.165) is 20.3 Å². The molecular formula is C16H13BrN2OS. The zero-order valence-corrected chi connectivity index (χ0v) is 13.8. The number of aromatic nitrogens is 1. The Hall–Kier alpha value is -1.72. The molecule has 1 heterocycles. The van der Waals surface area contributed by atoms with Crippen LogP contribution in [-0.4, -0.2) is 10.9 Å². The van der Waals surface area contributed by atoms with Gasteiger partial charge in [-0.05, 0) is 42.3 Å². The van der Waals surface area contributed by atoms with Gasteiger partial charge >= 0.3 is 0 Å². The second-order valence-corrected chi connectivity index (χ2v) is 6.79. The topological polar surface area (TPSA) is 42.0 Å². The number of amides is 1. The summed E-state index contributed by atoms with van der Waals surface area (Å²) in [5, 5.41) is 3.52. The molecule has 0 aliphatic carbocycles. The van der Waals surface area contributed by atoms with Gasteiger partial charge in [0.2, 0.25) is 5.91 Å². The lowest BCUT2D eigenvalue weighted by Crippen LogP contribution is -2.14. The van der Waals surface area contributed by atoms with Crippen LogP contribution in [0.2, 0.25) is 0 Å². The van der Waals surface area contributed by atoms with E-state index in [2.05, 4.69) is 32.3 Å². The Balaban J connectivity index is 1.72. The molecule has 1 aromatic heterocycles. The van der Waals surface area contributed by atoms with Gasteiger partial charge in [-0.15, -0.1) is 0 Å². The molecule has 0 spiro atoms. The Labute approximate surface area is 135 Å². The second kappa shape index (κ2) is 5.95. The molecule has 0 aliphatic rings. The molecule has 0 unspecified atom stereocenters. The number of rotatable bonds is 3. The van der Waals surface area contributed by atoms with Crippen molar-refractivity contribution in [1.82, 2.24) is 4.98 Å². The average molecular weight is 361 g/mol. The molecule has 1 amide bonds. The zero-order chi connectivity index (χ0) is 14.8. The van der Waals surface area contributed by atoms with Crippen molar-refractivity contribution < 1.29 is 4.79 Å². The van der Waals surface area contributed by atoms with Crippen LogP contribution in [0.25, 0.3) is 10.2 Å². The Bertz CT molecular complexity index is 796. The Morgan fingerprint density at radius 1 is 1.24 bits per heavy atom. The van der Waals surface area contributed by atoms with Crippen molar-refractivity contribution in [3.63, 3.8) is 0 Å². The molecule has 0 radical (unpaired) electrons. The lowest BCUT2D eigenvalue weighted by molar-refractivity contribution is -0.115. The highest BCUT2D eigenvalue weighted by Gasteiger charge is 2.08. The molecule has 2 aromatic carbocycles. The third kappa shape index (κ3) is 3.49. The summed E-state index contributed by atoms with van der Waals surface area (Å²) in [6.07, 6.45) is 0.349. The molecule has 3 aromatic rings. The average Bonchev–Trinajstić information content (AvgIpc) is 2.82. The summed E-state index contributed by atoms with van der Waals surface area (Å²) in [6, 6.07) is 13.8. The number of anilines is 1. The van der Waals surface area contributed by atoms with Gasteiger partial charge in [-0.25, -0.2) is 4.98 Å². The summed E-state index contributed by atoms with van der Waals surface area (Å²) in [5.74, 6) is -0.0481. The van der Waals surface area contributed by atoms with E-state index in [4.69, 9.17) is 0 Å². The first-order valence-corrected chi connectivity index (χ1v) is 8.12. The van der Waals surface area contributed by atoms with E-state index in [0.29, 0.717) is 11.6 Å². The van der Waals surface area contributed by atoms with E-state index in [1.54, 1.807) is 0 Å². The number of carbonyl (C=O) groups excluding carboxylic acids is 1. The number of thiazole rings is 1. The van der Waals surface area contributed by atoms with Crippen LogP contribution in [0, 0.1) is 6.92 Å². The van der Waals surface area contributed by atoms with Crippen LogP contribution < -0.4 is 5.32 Å². The van der Waals surface area contributed by atoms with E-state index < -0.39 is 0 Å². The SMILES string of the molecule is Cc1ccc2nc(NC(=O)Cc3ccc(Br)cc3)sc2c1. The predicted molar refractivity (Wildman–Crippen MR) is 90.8 cm³/mol. The minimum absolute atomic E-state index is 0.0481. The molecule has 0 atom stereocenters. The smallest absolute Gasteiger partial charge is 0.230 e. The van der Waals surface area contributed by atoms with Crippen LogP contribution in [-0.2, 0) is 11.2 Å². The minimum Gasteiger partial charge on any atom is -0.302 e. The highest BCUT2D eigenvalue weighted by Crippen LogP contribution is 2.26. The van der Waals surface area contributed by atoms with Crippen molar-refractivity contribution in [1.29, 1.82) is 0 Å². The first-order chi connectivity index (χ1) is 10.1. The molecule has 3 nitrogen and oxygen atoms in total. The molecule has 0 aliphatic heterocycles. The van der Waals surface area contributed by atoms with E-state index in [9.17, 15) is 4.79 Å². The van der Waals surface area contributed by atoms with Crippen LogP contribution in [0.1, 0.15) is 11.1 Å². The molecule has 0 saturated heterocycles. The standard InChI is InChI=1S/C16H13BrN2OS/c1-10-2-7-13-14(8-10)21-16(18-13)19-15(20)9-11-3-5-12(17)6-4-11/h2-8H,9H2,1H3,(H,18,19,20). The van der Waals surface area contributed by atoms with Crippen molar-refractivity contribution in [3.8, 4) is 0 Å². The fourth-order valence-electron chi connectivity index (χ4n) is 2.04. The number of carbonyl (C=O) groups is 1. The van der Waals surface area contributed by atoms with Crippen molar-refractivity contribution in [2.45, 2.75) is 13.3 Å². The third-order valence-electron chi connectivity index (χ3n) is 3.07. The Morgan fingerprint density at radius 2 is 2.00 bits per heavy atom. The normalized spacial score (nSPS) is 10.8. The molecule has 0 fully saturated rings. The fourth-order valence-corrected chi connectivity index (χ4v) is 3.28. The number of halogens is 1. The number of aryl methyl sites for hydroxylation is 1. The van der Waals surface area contributed by atoms with Crippen LogP contribution in [0.3, 0.4) is 0 Å². The maximum atomic E-state index is 12.1. The Morgan fingerprint density at radius 3 is 2.76 bits per heavy atom. The number of hydrogen-bond acceptors (Lipinski definition) is 3. The highest BCUT2D eigenvalue weighted by atomic mass is 79.9. The maximum absolute atomic E-state index is 12.1. The minimum atomic E-state index is -0.0481. The van der Waals surface area contributed by atoms with Crippen molar-refractivity contribution in [2.75, 3.05) is 5.32 Å². The summed E-state index contributed by atoms with van der Waals surface area (Å²) in [5.41, 5.74) is 3.09. The van der Waals surface area contributed by atoms with Gasteiger partial charge in [0.15, 0.2) is 5.13 Å². The van der Waals surface area contributed by atoms with Crippen molar-refractivity contribution >= 4 is 48.5 Å². The fraction of sp³-hybridized carbons (Fsp3) is 0.125. The molecule has 0 saturated carbocycles. The lowest BCUT2D eigenvalue weighted by atomic mass is 10.1. The molecule has 5 heteroatoms. The van der Waals surface area contributed by atoms with Crippen molar-refractivity contribution in [3.05, 3.63) is 58.1 Å². The molecule has 1 N–H and O–H groups in total. The summed E-state index contributed by atoms with van der Waals surface area (Å²) >= 11 is 4.88. The second-order valence-electron chi connectivity index (χ2n) is 4.84. The monoisotopic (exact) mass is 360 g/mol. The molecule has 106 valence electrons. The van der Waals surface area contributed by atoms with E-state index in [-0.39, 0.29) is 5.91 Å². The Kier molecular flexibility index (Phi) is 4.03. The molecule has 0 bridgehead atoms. The molecular weight excluding hydrogens is 348 g/mol.